The number of nitrogens with one attached hydrogen (secondary N) is 2. The van der Waals surface area contributed by atoms with Crippen LogP contribution in [0.5, 0.6) is 0 Å². The molecule has 5 nitrogen and oxygen atoms in total. The van der Waals surface area contributed by atoms with Gasteiger partial charge in [0, 0.05) is 12.1 Å². The van der Waals surface area contributed by atoms with Crippen LogP contribution in [0.2, 0.25) is 0 Å². The molecular weight excluding hydrogens is 305 g/mol. The smallest absolute Gasteiger partial charge is 0.399 e. The first-order chi connectivity index (χ1) is 10.6. The van der Waals surface area contributed by atoms with Crippen LogP contribution in [0.3, 0.4) is 0 Å². The van der Waals surface area contributed by atoms with E-state index in [1.165, 1.54) is 6.07 Å². The lowest BCUT2D eigenvalue weighted by molar-refractivity contribution is 0.00578. The minimum Gasteiger partial charge on any atom is -0.399 e. The second-order valence-electron chi connectivity index (χ2n) is 6.56. The van der Waals surface area contributed by atoms with E-state index in [0.717, 1.165) is 0 Å². The second-order valence-corrected chi connectivity index (χ2v) is 6.56. The van der Waals surface area contributed by atoms with Crippen molar-refractivity contribution < 1.29 is 23.3 Å². The van der Waals surface area contributed by atoms with E-state index in [2.05, 4.69) is 5.32 Å². The molecular formula is C15H23BF2N2O3. The van der Waals surface area contributed by atoms with Crippen molar-refractivity contribution in [2.75, 3.05) is 17.3 Å². The highest BCUT2D eigenvalue weighted by molar-refractivity contribution is 6.62. The molecule has 0 radical (unpaired) electrons. The molecule has 0 aromatic heterocycles. The maximum absolute atomic E-state index is 13.4. The Morgan fingerprint density at radius 2 is 1.74 bits per heavy atom. The first-order valence-corrected chi connectivity index (χ1v) is 7.58. The second kappa shape index (κ2) is 6.26. The van der Waals surface area contributed by atoms with E-state index >= 15 is 0 Å². The summed E-state index contributed by atoms with van der Waals surface area (Å²) >= 11 is 0. The van der Waals surface area contributed by atoms with Crippen molar-refractivity contribution in [3.63, 3.8) is 0 Å². The molecule has 0 spiro atoms. The van der Waals surface area contributed by atoms with Crippen molar-refractivity contribution in [1.82, 2.24) is 0 Å². The SMILES string of the molecule is CCNc1c(NO)cc(B2OC(C)(C)C(C)(C)O2)cc1C(F)F. The third-order valence-electron chi connectivity index (χ3n) is 4.43. The minimum absolute atomic E-state index is 0.161. The first kappa shape index (κ1) is 18.0. The molecule has 1 aliphatic heterocycles. The van der Waals surface area contributed by atoms with E-state index < -0.39 is 24.7 Å². The van der Waals surface area contributed by atoms with Crippen molar-refractivity contribution in [2.24, 2.45) is 0 Å². The first-order valence-electron chi connectivity index (χ1n) is 7.58. The van der Waals surface area contributed by atoms with Gasteiger partial charge in [-0.15, -0.1) is 0 Å². The number of benzene rings is 1. The zero-order valence-electron chi connectivity index (χ0n) is 14.0. The van der Waals surface area contributed by atoms with Gasteiger partial charge in [-0.2, -0.15) is 0 Å². The predicted molar refractivity (Wildman–Crippen MR) is 86.7 cm³/mol. The molecule has 3 N–H and O–H groups in total. The number of alkyl halides is 2. The van der Waals surface area contributed by atoms with Crippen molar-refractivity contribution in [3.8, 4) is 0 Å². The van der Waals surface area contributed by atoms with Crippen LogP contribution in [0.15, 0.2) is 12.1 Å². The van der Waals surface area contributed by atoms with Crippen molar-refractivity contribution in [3.05, 3.63) is 17.7 Å². The molecule has 8 heteroatoms. The van der Waals surface area contributed by atoms with Crippen LogP contribution in [0.1, 0.15) is 46.6 Å². The van der Waals surface area contributed by atoms with Gasteiger partial charge in [-0.1, -0.05) is 6.07 Å². The average Bonchev–Trinajstić information content (AvgIpc) is 2.67. The zero-order chi connectivity index (χ0) is 17.4. The normalized spacial score (nSPS) is 19.3. The predicted octanol–water partition coefficient (Wildman–Crippen LogP) is 3.16. The summed E-state index contributed by atoms with van der Waals surface area (Å²) in [5, 5.41) is 12.2. The lowest BCUT2D eigenvalue weighted by Gasteiger charge is -2.32. The molecule has 2 rings (SSSR count). The molecule has 1 saturated heterocycles. The summed E-state index contributed by atoms with van der Waals surface area (Å²) in [6.45, 7) is 9.79. The van der Waals surface area contributed by atoms with Gasteiger partial charge in [0.25, 0.3) is 6.43 Å². The summed E-state index contributed by atoms with van der Waals surface area (Å²) in [4.78, 5) is 0. The Morgan fingerprint density at radius 1 is 1.17 bits per heavy atom. The Balaban J connectivity index is 2.47. The van der Waals surface area contributed by atoms with E-state index in [1.54, 1.807) is 13.0 Å². The van der Waals surface area contributed by atoms with Gasteiger partial charge in [0.1, 0.15) is 0 Å². The van der Waals surface area contributed by atoms with E-state index in [0.29, 0.717) is 12.0 Å². The fraction of sp³-hybridized carbons (Fsp3) is 0.600. The number of rotatable bonds is 5. The molecule has 0 amide bonds. The van der Waals surface area contributed by atoms with Gasteiger partial charge in [-0.25, -0.2) is 8.78 Å². The number of anilines is 2. The summed E-state index contributed by atoms with van der Waals surface area (Å²) in [6, 6.07) is 2.90. The molecule has 0 atom stereocenters. The lowest BCUT2D eigenvalue weighted by atomic mass is 9.77. The van der Waals surface area contributed by atoms with Gasteiger partial charge in [0.2, 0.25) is 0 Å². The van der Waals surface area contributed by atoms with Crippen molar-refractivity contribution in [1.29, 1.82) is 0 Å². The highest BCUT2D eigenvalue weighted by Crippen LogP contribution is 2.38. The lowest BCUT2D eigenvalue weighted by Crippen LogP contribution is -2.41. The van der Waals surface area contributed by atoms with Gasteiger partial charge in [-0.05, 0) is 46.1 Å². The van der Waals surface area contributed by atoms with Gasteiger partial charge in [0.15, 0.2) is 0 Å². The van der Waals surface area contributed by atoms with E-state index in [4.69, 9.17) is 9.31 Å². The van der Waals surface area contributed by atoms with Crippen LogP contribution in [0.25, 0.3) is 0 Å². The van der Waals surface area contributed by atoms with E-state index in [-0.39, 0.29) is 16.9 Å². The largest absolute Gasteiger partial charge is 0.494 e. The molecule has 1 aromatic carbocycles. The Kier molecular flexibility index (Phi) is 4.89. The highest BCUT2D eigenvalue weighted by Gasteiger charge is 2.52. The Hall–Kier alpha value is -1.38. The highest BCUT2D eigenvalue weighted by atomic mass is 19.3. The van der Waals surface area contributed by atoms with Gasteiger partial charge >= 0.3 is 7.12 Å². The van der Waals surface area contributed by atoms with Crippen molar-refractivity contribution >= 4 is 24.0 Å². The number of hydrogen-bond acceptors (Lipinski definition) is 5. The summed E-state index contributed by atoms with van der Waals surface area (Å²) in [6.07, 6.45) is -2.70. The minimum atomic E-state index is -2.70. The molecule has 0 aliphatic carbocycles. The average molecular weight is 328 g/mol. The molecule has 0 bridgehead atoms. The monoisotopic (exact) mass is 328 g/mol. The number of hydrogen-bond donors (Lipinski definition) is 3. The molecule has 0 unspecified atom stereocenters. The maximum Gasteiger partial charge on any atom is 0.494 e. The molecule has 128 valence electrons. The number of halogens is 2. The van der Waals surface area contributed by atoms with Crippen LogP contribution >= 0.6 is 0 Å². The third kappa shape index (κ3) is 3.29. The maximum atomic E-state index is 13.4. The molecule has 1 aliphatic rings. The van der Waals surface area contributed by atoms with Gasteiger partial charge in [-0.3, -0.25) is 10.7 Å². The molecule has 1 heterocycles. The molecule has 1 aromatic rings. The topological polar surface area (TPSA) is 62.8 Å². The van der Waals surface area contributed by atoms with Gasteiger partial charge in [0.05, 0.1) is 22.6 Å². The molecule has 0 saturated carbocycles. The Labute approximate surface area is 135 Å². The van der Waals surface area contributed by atoms with E-state index in [9.17, 15) is 14.0 Å². The summed E-state index contributed by atoms with van der Waals surface area (Å²) in [5.74, 6) is 0. The Morgan fingerprint density at radius 3 is 2.17 bits per heavy atom. The quantitative estimate of drug-likeness (QED) is 0.572. The summed E-state index contributed by atoms with van der Waals surface area (Å²) in [5.41, 5.74) is 1.38. The van der Waals surface area contributed by atoms with Crippen LogP contribution in [-0.4, -0.2) is 30.1 Å². The fourth-order valence-electron chi connectivity index (χ4n) is 2.44. The summed E-state index contributed by atoms with van der Waals surface area (Å²) in [7, 11) is -0.778. The standard InChI is InChI=1S/C15H23BF2N2O3/c1-6-19-12-10(13(17)18)7-9(8-11(12)20-21)16-22-14(2,3)15(4,5)23-16/h7-8,13,19-21H,6H2,1-5H3. The van der Waals surface area contributed by atoms with Gasteiger partial charge < -0.3 is 14.6 Å². The van der Waals surface area contributed by atoms with Crippen LogP contribution < -0.4 is 16.3 Å². The molecule has 23 heavy (non-hydrogen) atoms. The zero-order valence-corrected chi connectivity index (χ0v) is 14.0. The third-order valence-corrected chi connectivity index (χ3v) is 4.43. The van der Waals surface area contributed by atoms with Crippen molar-refractivity contribution in [2.45, 2.75) is 52.2 Å². The van der Waals surface area contributed by atoms with E-state index in [1.807, 2.05) is 33.2 Å². The summed E-state index contributed by atoms with van der Waals surface area (Å²) < 4.78 is 38.6. The van der Waals surface area contributed by atoms with Crippen LogP contribution in [-0.2, 0) is 9.31 Å². The fourth-order valence-corrected chi connectivity index (χ4v) is 2.44. The van der Waals surface area contributed by atoms with Crippen LogP contribution in [0, 0.1) is 0 Å². The Bertz CT molecular complexity index is 566. The molecule has 1 fully saturated rings. The van der Waals surface area contributed by atoms with Crippen LogP contribution in [0.4, 0.5) is 20.2 Å².